The molecule has 9 heteroatoms. The van der Waals surface area contributed by atoms with Gasteiger partial charge in [0.2, 0.25) is 0 Å². The standard InChI is InChI=1S/C22H19F2N5O2/c1-14-3-2-4-15(9-14)12-29-13-17(11-25-29)26-21(30)20-10-19(27-28-20)16-5-7-18(8-6-16)31-22(23)24/h2-11,13,22H,12H2,1H3,(H,26,30)(H,27,28). The number of carbonyl (C=O) groups is 1. The van der Waals surface area contributed by atoms with Gasteiger partial charge in [-0.05, 0) is 42.8 Å². The second-order valence-electron chi connectivity index (χ2n) is 6.94. The maximum Gasteiger partial charge on any atom is 0.387 e. The third kappa shape index (κ3) is 5.13. The molecule has 0 aliphatic carbocycles. The number of hydrogen-bond acceptors (Lipinski definition) is 4. The summed E-state index contributed by atoms with van der Waals surface area (Å²) < 4.78 is 30.6. The lowest BCUT2D eigenvalue weighted by Crippen LogP contribution is -2.11. The molecule has 2 aromatic heterocycles. The number of carbonyl (C=O) groups excluding carboxylic acids is 1. The number of aromatic amines is 1. The summed E-state index contributed by atoms with van der Waals surface area (Å²) in [5.41, 5.74) is 4.26. The van der Waals surface area contributed by atoms with Crippen molar-refractivity contribution in [1.82, 2.24) is 20.0 Å². The molecule has 0 fully saturated rings. The molecule has 7 nitrogen and oxygen atoms in total. The summed E-state index contributed by atoms with van der Waals surface area (Å²) in [5.74, 6) is -0.318. The van der Waals surface area contributed by atoms with Crippen molar-refractivity contribution in [3.63, 3.8) is 0 Å². The Labute approximate surface area is 176 Å². The molecular formula is C22H19F2N5O2. The number of benzene rings is 2. The zero-order chi connectivity index (χ0) is 21.8. The fourth-order valence-corrected chi connectivity index (χ4v) is 3.10. The van der Waals surface area contributed by atoms with Crippen LogP contribution in [0.2, 0.25) is 0 Å². The number of nitrogens with one attached hydrogen (secondary N) is 2. The van der Waals surface area contributed by atoms with Gasteiger partial charge in [-0.1, -0.05) is 29.8 Å². The maximum atomic E-state index is 12.5. The number of anilines is 1. The van der Waals surface area contributed by atoms with Crippen LogP contribution in [-0.4, -0.2) is 32.5 Å². The van der Waals surface area contributed by atoms with E-state index in [1.54, 1.807) is 35.3 Å². The number of alkyl halides is 2. The van der Waals surface area contributed by atoms with Gasteiger partial charge in [-0.2, -0.15) is 19.0 Å². The second-order valence-corrected chi connectivity index (χ2v) is 6.94. The third-order valence-corrected chi connectivity index (χ3v) is 4.52. The van der Waals surface area contributed by atoms with E-state index in [4.69, 9.17) is 0 Å². The Hall–Kier alpha value is -4.01. The van der Waals surface area contributed by atoms with Gasteiger partial charge in [0.15, 0.2) is 0 Å². The Kier molecular flexibility index (Phi) is 5.74. The number of aryl methyl sites for hydroxylation is 1. The molecule has 31 heavy (non-hydrogen) atoms. The molecule has 158 valence electrons. The van der Waals surface area contributed by atoms with Gasteiger partial charge in [0.1, 0.15) is 11.4 Å². The first-order valence-corrected chi connectivity index (χ1v) is 9.46. The fraction of sp³-hybridized carbons (Fsp3) is 0.136. The van der Waals surface area contributed by atoms with Crippen LogP contribution in [0.4, 0.5) is 14.5 Å². The number of aromatic nitrogens is 4. The predicted octanol–water partition coefficient (Wildman–Crippen LogP) is 4.48. The highest BCUT2D eigenvalue weighted by molar-refractivity contribution is 6.03. The molecule has 0 spiro atoms. The number of amides is 1. The molecule has 0 saturated heterocycles. The largest absolute Gasteiger partial charge is 0.435 e. The van der Waals surface area contributed by atoms with E-state index in [-0.39, 0.29) is 17.4 Å². The van der Waals surface area contributed by atoms with Gasteiger partial charge in [-0.15, -0.1) is 0 Å². The fourth-order valence-electron chi connectivity index (χ4n) is 3.10. The van der Waals surface area contributed by atoms with Crippen molar-refractivity contribution < 1.29 is 18.3 Å². The highest BCUT2D eigenvalue weighted by atomic mass is 19.3. The topological polar surface area (TPSA) is 84.8 Å². The van der Waals surface area contributed by atoms with E-state index >= 15 is 0 Å². The van der Waals surface area contributed by atoms with Gasteiger partial charge >= 0.3 is 6.61 Å². The Morgan fingerprint density at radius 2 is 2.00 bits per heavy atom. The van der Waals surface area contributed by atoms with Crippen molar-refractivity contribution in [1.29, 1.82) is 0 Å². The van der Waals surface area contributed by atoms with Crippen molar-refractivity contribution in [2.75, 3.05) is 5.32 Å². The molecule has 0 aliphatic heterocycles. The Morgan fingerprint density at radius 3 is 2.74 bits per heavy atom. The van der Waals surface area contributed by atoms with Crippen LogP contribution in [0.1, 0.15) is 21.6 Å². The summed E-state index contributed by atoms with van der Waals surface area (Å²) in [6, 6.07) is 15.7. The first-order chi connectivity index (χ1) is 15.0. The lowest BCUT2D eigenvalue weighted by atomic mass is 10.1. The molecule has 2 aromatic carbocycles. The van der Waals surface area contributed by atoms with Crippen molar-refractivity contribution in [2.45, 2.75) is 20.1 Å². The van der Waals surface area contributed by atoms with Crippen molar-refractivity contribution >= 4 is 11.6 Å². The smallest absolute Gasteiger partial charge is 0.387 e. The monoisotopic (exact) mass is 423 g/mol. The first kappa shape index (κ1) is 20.3. The highest BCUT2D eigenvalue weighted by Crippen LogP contribution is 2.22. The van der Waals surface area contributed by atoms with Crippen molar-refractivity contribution in [2.24, 2.45) is 0 Å². The van der Waals surface area contributed by atoms with Crippen LogP contribution in [0.15, 0.2) is 67.0 Å². The first-order valence-electron chi connectivity index (χ1n) is 9.46. The van der Waals surface area contributed by atoms with E-state index in [0.29, 0.717) is 23.5 Å². The van der Waals surface area contributed by atoms with Crippen LogP contribution in [0.3, 0.4) is 0 Å². The lowest BCUT2D eigenvalue weighted by Gasteiger charge is -2.04. The third-order valence-electron chi connectivity index (χ3n) is 4.52. The molecule has 2 heterocycles. The number of halogens is 2. The molecule has 0 radical (unpaired) electrons. The van der Waals surface area contributed by atoms with Gasteiger partial charge in [0.25, 0.3) is 5.91 Å². The zero-order valence-electron chi connectivity index (χ0n) is 16.5. The van der Waals surface area contributed by atoms with E-state index in [2.05, 4.69) is 31.4 Å². The lowest BCUT2D eigenvalue weighted by molar-refractivity contribution is -0.0498. The average molecular weight is 423 g/mol. The summed E-state index contributed by atoms with van der Waals surface area (Å²) in [5, 5.41) is 13.9. The number of hydrogen-bond donors (Lipinski definition) is 2. The van der Waals surface area contributed by atoms with Crippen LogP contribution < -0.4 is 10.1 Å². The summed E-state index contributed by atoms with van der Waals surface area (Å²) in [6.07, 6.45) is 3.33. The van der Waals surface area contributed by atoms with Gasteiger partial charge in [0.05, 0.1) is 24.1 Å². The molecule has 0 unspecified atom stereocenters. The van der Waals surface area contributed by atoms with Crippen LogP contribution in [0.25, 0.3) is 11.3 Å². The van der Waals surface area contributed by atoms with Crippen molar-refractivity contribution in [3.05, 3.63) is 83.8 Å². The van der Waals surface area contributed by atoms with Gasteiger partial charge in [-0.3, -0.25) is 14.6 Å². The summed E-state index contributed by atoms with van der Waals surface area (Å²) in [4.78, 5) is 12.5. The van der Waals surface area contributed by atoms with E-state index in [1.807, 2.05) is 25.1 Å². The van der Waals surface area contributed by atoms with Crippen LogP contribution >= 0.6 is 0 Å². The molecule has 0 atom stereocenters. The van der Waals surface area contributed by atoms with Gasteiger partial charge in [-0.25, -0.2) is 0 Å². The molecule has 0 saturated carbocycles. The van der Waals surface area contributed by atoms with E-state index in [0.717, 1.165) is 5.56 Å². The minimum Gasteiger partial charge on any atom is -0.435 e. The maximum absolute atomic E-state index is 12.5. The summed E-state index contributed by atoms with van der Waals surface area (Å²) in [7, 11) is 0. The second kappa shape index (κ2) is 8.78. The van der Waals surface area contributed by atoms with Gasteiger partial charge < -0.3 is 10.1 Å². The quantitative estimate of drug-likeness (QED) is 0.459. The minimum atomic E-state index is -2.88. The molecule has 0 bridgehead atoms. The zero-order valence-corrected chi connectivity index (χ0v) is 16.5. The highest BCUT2D eigenvalue weighted by Gasteiger charge is 2.13. The number of H-pyrrole nitrogens is 1. The van der Waals surface area contributed by atoms with Crippen LogP contribution in [0, 0.1) is 6.92 Å². The van der Waals surface area contributed by atoms with E-state index in [9.17, 15) is 13.6 Å². The number of ether oxygens (including phenoxy) is 1. The number of rotatable bonds is 7. The van der Waals surface area contributed by atoms with Crippen molar-refractivity contribution in [3.8, 4) is 17.0 Å². The SMILES string of the molecule is Cc1cccc(Cn2cc(NC(=O)c3cc(-c4ccc(OC(F)F)cc4)n[nH]3)cn2)c1. The molecule has 0 aliphatic rings. The minimum absolute atomic E-state index is 0.0509. The average Bonchev–Trinajstić information content (AvgIpc) is 3.38. The summed E-state index contributed by atoms with van der Waals surface area (Å²) in [6.45, 7) is -0.257. The Morgan fingerprint density at radius 1 is 1.19 bits per heavy atom. The Balaban J connectivity index is 1.40. The van der Waals surface area contributed by atoms with Crippen LogP contribution in [-0.2, 0) is 6.54 Å². The molecule has 2 N–H and O–H groups in total. The number of nitrogens with zero attached hydrogens (tertiary/aromatic N) is 3. The van der Waals surface area contributed by atoms with Gasteiger partial charge in [0, 0.05) is 11.8 Å². The Bertz CT molecular complexity index is 1180. The molecular weight excluding hydrogens is 404 g/mol. The van der Waals surface area contributed by atoms with E-state index < -0.39 is 6.61 Å². The van der Waals surface area contributed by atoms with Crippen LogP contribution in [0.5, 0.6) is 5.75 Å². The molecule has 4 rings (SSSR count). The normalized spacial score (nSPS) is 11.0. The molecule has 1 amide bonds. The van der Waals surface area contributed by atoms with E-state index in [1.165, 1.54) is 17.7 Å². The predicted molar refractivity (Wildman–Crippen MR) is 111 cm³/mol. The molecule has 4 aromatic rings. The summed E-state index contributed by atoms with van der Waals surface area (Å²) >= 11 is 0.